The van der Waals surface area contributed by atoms with Gasteiger partial charge >= 0.3 is 0 Å². The molecule has 5 heteroatoms. The van der Waals surface area contributed by atoms with Gasteiger partial charge in [-0.1, -0.05) is 23.5 Å². The molecule has 4 nitrogen and oxygen atoms in total. The van der Waals surface area contributed by atoms with Crippen LogP contribution in [0.2, 0.25) is 0 Å². The van der Waals surface area contributed by atoms with E-state index in [1.54, 1.807) is 28.8 Å². The first kappa shape index (κ1) is 10.3. The van der Waals surface area contributed by atoms with Gasteiger partial charge in [-0.05, 0) is 23.8 Å². The SMILES string of the molecule is O=c1/c(=C/c2cccc(O)c2)sc2n1CCN=2. The molecule has 2 heterocycles. The first-order valence-corrected chi connectivity index (χ1v) is 6.10. The molecular formula is C12H10N2O2S. The van der Waals surface area contributed by atoms with Crippen molar-refractivity contribution in [2.45, 2.75) is 6.54 Å². The molecule has 3 rings (SSSR count). The van der Waals surface area contributed by atoms with E-state index in [9.17, 15) is 9.90 Å². The summed E-state index contributed by atoms with van der Waals surface area (Å²) in [5.41, 5.74) is 0.831. The lowest BCUT2D eigenvalue weighted by atomic mass is 10.2. The molecule has 0 unspecified atom stereocenters. The van der Waals surface area contributed by atoms with Crippen molar-refractivity contribution in [2.75, 3.05) is 6.54 Å². The highest BCUT2D eigenvalue weighted by atomic mass is 32.1. The van der Waals surface area contributed by atoms with E-state index in [1.165, 1.54) is 11.3 Å². The Labute approximate surface area is 101 Å². The molecule has 0 aliphatic carbocycles. The number of hydrogen-bond donors (Lipinski definition) is 1. The van der Waals surface area contributed by atoms with Crippen LogP contribution in [0, 0.1) is 0 Å². The maximum atomic E-state index is 12.0. The van der Waals surface area contributed by atoms with Crippen molar-refractivity contribution in [3.8, 4) is 5.75 Å². The summed E-state index contributed by atoms with van der Waals surface area (Å²) in [6.07, 6.45) is 1.79. The van der Waals surface area contributed by atoms with Gasteiger partial charge in [0.05, 0.1) is 11.1 Å². The summed E-state index contributed by atoms with van der Waals surface area (Å²) in [6, 6.07) is 6.84. The number of phenolic OH excluding ortho intramolecular Hbond substituents is 1. The van der Waals surface area contributed by atoms with Crippen LogP contribution in [0.15, 0.2) is 34.1 Å². The van der Waals surface area contributed by atoms with Crippen LogP contribution in [0.3, 0.4) is 0 Å². The molecule has 86 valence electrons. The van der Waals surface area contributed by atoms with E-state index in [-0.39, 0.29) is 11.3 Å². The van der Waals surface area contributed by atoms with Gasteiger partial charge in [-0.2, -0.15) is 0 Å². The van der Waals surface area contributed by atoms with Crippen LogP contribution in [0.5, 0.6) is 5.75 Å². The lowest BCUT2D eigenvalue weighted by Crippen LogP contribution is -2.29. The summed E-state index contributed by atoms with van der Waals surface area (Å²) < 4.78 is 2.35. The highest BCUT2D eigenvalue weighted by molar-refractivity contribution is 7.07. The quantitative estimate of drug-likeness (QED) is 0.774. The standard InChI is InChI=1S/C12H10N2O2S/c15-9-3-1-2-8(6-9)7-10-11(16)14-5-4-13-12(14)17-10/h1-3,6-7,15H,4-5H2/b10-7-. The summed E-state index contributed by atoms with van der Waals surface area (Å²) in [6.45, 7) is 1.38. The number of thiazole rings is 1. The van der Waals surface area contributed by atoms with Crippen molar-refractivity contribution < 1.29 is 5.11 Å². The van der Waals surface area contributed by atoms with E-state index in [0.717, 1.165) is 10.4 Å². The molecule has 0 spiro atoms. The van der Waals surface area contributed by atoms with E-state index in [2.05, 4.69) is 4.99 Å². The fourth-order valence-electron chi connectivity index (χ4n) is 1.83. The van der Waals surface area contributed by atoms with Gasteiger partial charge in [0.15, 0.2) is 4.80 Å². The Balaban J connectivity index is 2.20. The van der Waals surface area contributed by atoms with Gasteiger partial charge in [-0.3, -0.25) is 14.4 Å². The van der Waals surface area contributed by atoms with Gasteiger partial charge < -0.3 is 5.11 Å². The smallest absolute Gasteiger partial charge is 0.270 e. The molecule has 1 N–H and O–H groups in total. The number of nitrogens with zero attached hydrogens (tertiary/aromatic N) is 2. The van der Waals surface area contributed by atoms with E-state index in [1.807, 2.05) is 6.07 Å². The highest BCUT2D eigenvalue weighted by Crippen LogP contribution is 2.10. The van der Waals surface area contributed by atoms with Gasteiger partial charge in [-0.15, -0.1) is 0 Å². The molecule has 1 aromatic carbocycles. The van der Waals surface area contributed by atoms with Crippen LogP contribution >= 0.6 is 11.3 Å². The Morgan fingerprint density at radius 3 is 3.12 bits per heavy atom. The first-order valence-electron chi connectivity index (χ1n) is 5.29. The van der Waals surface area contributed by atoms with Gasteiger partial charge in [0.2, 0.25) is 0 Å². The third-order valence-corrected chi connectivity index (χ3v) is 3.67. The monoisotopic (exact) mass is 246 g/mol. The Morgan fingerprint density at radius 1 is 1.47 bits per heavy atom. The molecule has 2 aromatic rings. The number of rotatable bonds is 1. The molecule has 17 heavy (non-hydrogen) atoms. The van der Waals surface area contributed by atoms with E-state index in [0.29, 0.717) is 17.6 Å². The topological polar surface area (TPSA) is 54.6 Å². The predicted molar refractivity (Wildman–Crippen MR) is 65.9 cm³/mol. The zero-order valence-electron chi connectivity index (χ0n) is 8.96. The van der Waals surface area contributed by atoms with E-state index in [4.69, 9.17) is 0 Å². The number of fused-ring (bicyclic) bond motifs is 1. The molecule has 0 amide bonds. The summed E-state index contributed by atoms with van der Waals surface area (Å²) in [5, 5.41) is 9.36. The van der Waals surface area contributed by atoms with Crippen molar-refractivity contribution in [2.24, 2.45) is 4.99 Å². The lowest BCUT2D eigenvalue weighted by molar-refractivity contribution is 0.475. The maximum Gasteiger partial charge on any atom is 0.270 e. The minimum atomic E-state index is 0.00888. The summed E-state index contributed by atoms with van der Waals surface area (Å²) in [5.74, 6) is 0.202. The fraction of sp³-hybridized carbons (Fsp3) is 0.167. The van der Waals surface area contributed by atoms with Crippen LogP contribution in [-0.2, 0) is 6.54 Å². The second kappa shape index (κ2) is 3.85. The molecule has 0 saturated heterocycles. The Hall–Kier alpha value is -1.88. The van der Waals surface area contributed by atoms with Crippen molar-refractivity contribution in [3.05, 3.63) is 49.5 Å². The third kappa shape index (κ3) is 1.78. The number of aromatic nitrogens is 1. The Kier molecular flexibility index (Phi) is 2.33. The molecular weight excluding hydrogens is 236 g/mol. The molecule has 1 aromatic heterocycles. The second-order valence-electron chi connectivity index (χ2n) is 3.83. The largest absolute Gasteiger partial charge is 0.508 e. The summed E-state index contributed by atoms with van der Waals surface area (Å²) in [7, 11) is 0. The maximum absolute atomic E-state index is 12.0. The van der Waals surface area contributed by atoms with Crippen LogP contribution in [0.4, 0.5) is 0 Å². The lowest BCUT2D eigenvalue weighted by Gasteiger charge is -1.93. The third-order valence-electron chi connectivity index (χ3n) is 2.63. The highest BCUT2D eigenvalue weighted by Gasteiger charge is 2.09. The average molecular weight is 246 g/mol. The number of hydrogen-bond acceptors (Lipinski definition) is 4. The van der Waals surface area contributed by atoms with Crippen LogP contribution in [0.1, 0.15) is 5.56 Å². The molecule has 0 fully saturated rings. The van der Waals surface area contributed by atoms with Crippen LogP contribution in [0.25, 0.3) is 6.08 Å². The number of aromatic hydroxyl groups is 1. The summed E-state index contributed by atoms with van der Waals surface area (Å²) in [4.78, 5) is 17.0. The zero-order chi connectivity index (χ0) is 11.8. The molecule has 1 aliphatic heterocycles. The Bertz CT molecular complexity index is 743. The summed E-state index contributed by atoms with van der Waals surface area (Å²) >= 11 is 1.40. The van der Waals surface area contributed by atoms with Gasteiger partial charge in [0, 0.05) is 6.54 Å². The minimum absolute atomic E-state index is 0.00888. The first-order chi connectivity index (χ1) is 8.24. The van der Waals surface area contributed by atoms with Crippen molar-refractivity contribution in [1.82, 2.24) is 4.57 Å². The van der Waals surface area contributed by atoms with Gasteiger partial charge in [0.1, 0.15) is 5.75 Å². The van der Waals surface area contributed by atoms with Crippen molar-refractivity contribution >= 4 is 17.4 Å². The van der Waals surface area contributed by atoms with Gasteiger partial charge in [0.25, 0.3) is 5.56 Å². The molecule has 0 radical (unpaired) electrons. The molecule has 0 saturated carbocycles. The Morgan fingerprint density at radius 2 is 2.35 bits per heavy atom. The molecule has 1 aliphatic rings. The van der Waals surface area contributed by atoms with Crippen molar-refractivity contribution in [3.63, 3.8) is 0 Å². The zero-order valence-corrected chi connectivity index (χ0v) is 9.78. The molecule has 0 bridgehead atoms. The van der Waals surface area contributed by atoms with Crippen LogP contribution in [-0.4, -0.2) is 16.2 Å². The van der Waals surface area contributed by atoms with E-state index >= 15 is 0 Å². The minimum Gasteiger partial charge on any atom is -0.508 e. The number of phenols is 1. The van der Waals surface area contributed by atoms with E-state index < -0.39 is 0 Å². The predicted octanol–water partition coefficient (Wildman–Crippen LogP) is 0.0774. The fourth-order valence-corrected chi connectivity index (χ4v) is 2.86. The van der Waals surface area contributed by atoms with Crippen molar-refractivity contribution in [1.29, 1.82) is 0 Å². The molecule has 0 atom stereocenters. The second-order valence-corrected chi connectivity index (χ2v) is 4.84. The van der Waals surface area contributed by atoms with Crippen LogP contribution < -0.4 is 14.9 Å². The normalized spacial score (nSPS) is 14.7. The number of benzene rings is 1. The average Bonchev–Trinajstić information content (AvgIpc) is 2.84. The van der Waals surface area contributed by atoms with Gasteiger partial charge in [-0.25, -0.2) is 0 Å².